The van der Waals surface area contributed by atoms with E-state index < -0.39 is 20.0 Å². The number of benzene rings is 3. The van der Waals surface area contributed by atoms with Gasteiger partial charge in [-0.05, 0) is 48.9 Å². The van der Waals surface area contributed by atoms with Crippen molar-refractivity contribution < 1.29 is 21.6 Å². The molecule has 8 nitrogen and oxygen atoms in total. The Morgan fingerprint density at radius 2 is 1.39 bits per heavy atom. The summed E-state index contributed by atoms with van der Waals surface area (Å²) in [5, 5.41) is 0. The van der Waals surface area contributed by atoms with E-state index in [9.17, 15) is 21.6 Å². The molecule has 0 aliphatic carbocycles. The van der Waals surface area contributed by atoms with E-state index in [4.69, 9.17) is 0 Å². The van der Waals surface area contributed by atoms with E-state index in [0.717, 1.165) is 17.4 Å². The molecule has 1 aliphatic heterocycles. The lowest BCUT2D eigenvalue weighted by molar-refractivity contribution is 0.0698. The van der Waals surface area contributed by atoms with Crippen molar-refractivity contribution in [2.45, 2.75) is 18.4 Å². The number of piperazine rings is 1. The second kappa shape index (κ2) is 10.4. The van der Waals surface area contributed by atoms with Crippen LogP contribution in [0.5, 0.6) is 0 Å². The predicted molar refractivity (Wildman–Crippen MR) is 140 cm³/mol. The highest BCUT2D eigenvalue weighted by Crippen LogP contribution is 2.22. The van der Waals surface area contributed by atoms with Gasteiger partial charge in [-0.2, -0.15) is 4.31 Å². The van der Waals surface area contributed by atoms with E-state index in [1.807, 2.05) is 13.0 Å². The van der Waals surface area contributed by atoms with E-state index in [-0.39, 0.29) is 30.4 Å². The van der Waals surface area contributed by atoms with Crippen molar-refractivity contribution in [1.29, 1.82) is 0 Å². The molecule has 1 fully saturated rings. The van der Waals surface area contributed by atoms with Crippen molar-refractivity contribution in [2.75, 3.05) is 36.7 Å². The second-order valence-electron chi connectivity index (χ2n) is 8.81. The molecule has 36 heavy (non-hydrogen) atoms. The van der Waals surface area contributed by atoms with Crippen molar-refractivity contribution >= 4 is 31.6 Å². The Kier molecular flexibility index (Phi) is 7.49. The molecule has 0 atom stereocenters. The molecule has 190 valence electrons. The number of rotatable bonds is 7. The Labute approximate surface area is 212 Å². The molecule has 1 aliphatic rings. The Balaban J connectivity index is 1.40. The maximum Gasteiger partial charge on any atom is 0.253 e. The number of hydrogen-bond acceptors (Lipinski definition) is 5. The van der Waals surface area contributed by atoms with Crippen molar-refractivity contribution in [1.82, 2.24) is 9.21 Å². The van der Waals surface area contributed by atoms with Gasteiger partial charge in [-0.3, -0.25) is 9.10 Å². The SMILES string of the molecule is Cc1ccc(S(=O)(=O)N2CCN(C(=O)c3ccc(CN(c4ccccc4)S(C)(=O)=O)cc3)CC2)cc1. The zero-order valence-corrected chi connectivity index (χ0v) is 21.9. The average Bonchev–Trinajstić information content (AvgIpc) is 2.87. The van der Waals surface area contributed by atoms with Crippen LogP contribution in [0.25, 0.3) is 0 Å². The van der Waals surface area contributed by atoms with Crippen LogP contribution in [0.15, 0.2) is 83.8 Å². The highest BCUT2D eigenvalue weighted by atomic mass is 32.2. The third-order valence-electron chi connectivity index (χ3n) is 6.16. The molecular weight excluding hydrogens is 498 g/mol. The smallest absolute Gasteiger partial charge is 0.253 e. The van der Waals surface area contributed by atoms with Crippen molar-refractivity contribution in [2.24, 2.45) is 0 Å². The lowest BCUT2D eigenvalue weighted by Crippen LogP contribution is -2.50. The quantitative estimate of drug-likeness (QED) is 0.471. The number of carbonyl (C=O) groups is 1. The minimum Gasteiger partial charge on any atom is -0.336 e. The summed E-state index contributed by atoms with van der Waals surface area (Å²) in [5.41, 5.74) is 2.77. The number of carbonyl (C=O) groups excluding carboxylic acids is 1. The van der Waals surface area contributed by atoms with Crippen LogP contribution in [0.2, 0.25) is 0 Å². The van der Waals surface area contributed by atoms with Gasteiger partial charge in [0, 0.05) is 31.7 Å². The summed E-state index contributed by atoms with van der Waals surface area (Å²) in [6, 6.07) is 22.4. The van der Waals surface area contributed by atoms with Gasteiger partial charge < -0.3 is 4.90 Å². The largest absolute Gasteiger partial charge is 0.336 e. The van der Waals surface area contributed by atoms with E-state index in [1.54, 1.807) is 77.7 Å². The van der Waals surface area contributed by atoms with Gasteiger partial charge in [-0.1, -0.05) is 48.0 Å². The molecule has 4 rings (SSSR count). The maximum atomic E-state index is 13.0. The lowest BCUT2D eigenvalue weighted by atomic mass is 10.1. The summed E-state index contributed by atoms with van der Waals surface area (Å²) in [6.07, 6.45) is 1.16. The molecule has 1 amide bonds. The standard InChI is InChI=1S/C26H29N3O5S2/c1-21-8-14-25(15-9-21)36(33,34)28-18-16-27(17-19-28)26(30)23-12-10-22(11-13-23)20-29(35(2,31)32)24-6-4-3-5-7-24/h3-15H,16-20H2,1-2H3. The molecule has 0 aromatic heterocycles. The second-order valence-corrected chi connectivity index (χ2v) is 12.7. The van der Waals surface area contributed by atoms with Crippen LogP contribution < -0.4 is 4.31 Å². The highest BCUT2D eigenvalue weighted by Gasteiger charge is 2.30. The summed E-state index contributed by atoms with van der Waals surface area (Å²) in [6.45, 7) is 3.08. The fourth-order valence-electron chi connectivity index (χ4n) is 4.09. The third-order valence-corrected chi connectivity index (χ3v) is 9.21. The van der Waals surface area contributed by atoms with Crippen LogP contribution in [-0.4, -0.2) is 64.4 Å². The van der Waals surface area contributed by atoms with Crippen LogP contribution in [0.3, 0.4) is 0 Å². The van der Waals surface area contributed by atoms with Gasteiger partial charge in [0.1, 0.15) is 0 Å². The molecule has 0 spiro atoms. The molecule has 1 heterocycles. The fourth-order valence-corrected chi connectivity index (χ4v) is 6.40. The summed E-state index contributed by atoms with van der Waals surface area (Å²) in [7, 11) is -7.10. The first-order chi connectivity index (χ1) is 17.1. The zero-order valence-electron chi connectivity index (χ0n) is 20.2. The van der Waals surface area contributed by atoms with Gasteiger partial charge in [0.25, 0.3) is 5.91 Å². The summed E-state index contributed by atoms with van der Waals surface area (Å²) < 4.78 is 53.2. The monoisotopic (exact) mass is 527 g/mol. The molecule has 3 aromatic carbocycles. The first kappa shape index (κ1) is 25.9. The molecular formula is C26H29N3O5S2. The molecule has 10 heteroatoms. The van der Waals surface area contributed by atoms with Crippen molar-refractivity contribution in [3.63, 3.8) is 0 Å². The van der Waals surface area contributed by atoms with Crippen LogP contribution in [0.4, 0.5) is 5.69 Å². The normalized spacial score (nSPS) is 15.0. The minimum atomic E-state index is -3.60. The highest BCUT2D eigenvalue weighted by molar-refractivity contribution is 7.92. The van der Waals surface area contributed by atoms with Crippen molar-refractivity contribution in [3.05, 3.63) is 95.6 Å². The van der Waals surface area contributed by atoms with Crippen LogP contribution in [-0.2, 0) is 26.6 Å². The van der Waals surface area contributed by atoms with Gasteiger partial charge in [0.2, 0.25) is 20.0 Å². The first-order valence-electron chi connectivity index (χ1n) is 11.5. The van der Waals surface area contributed by atoms with E-state index in [2.05, 4.69) is 0 Å². The molecule has 0 saturated carbocycles. The van der Waals surface area contributed by atoms with Gasteiger partial charge >= 0.3 is 0 Å². The maximum absolute atomic E-state index is 13.0. The zero-order chi connectivity index (χ0) is 25.9. The van der Waals surface area contributed by atoms with Gasteiger partial charge in [-0.15, -0.1) is 0 Å². The molecule has 0 bridgehead atoms. The topological polar surface area (TPSA) is 95.1 Å². The first-order valence-corrected chi connectivity index (χ1v) is 14.8. The number of anilines is 1. The number of aryl methyl sites for hydroxylation is 1. The Morgan fingerprint density at radius 3 is 1.94 bits per heavy atom. The summed E-state index contributed by atoms with van der Waals surface area (Å²) >= 11 is 0. The predicted octanol–water partition coefficient (Wildman–Crippen LogP) is 3.11. The molecule has 1 saturated heterocycles. The third kappa shape index (κ3) is 5.77. The Hall–Kier alpha value is -3.21. The fraction of sp³-hybridized carbons (Fsp3) is 0.269. The van der Waals surface area contributed by atoms with Crippen LogP contribution >= 0.6 is 0 Å². The van der Waals surface area contributed by atoms with Crippen LogP contribution in [0, 0.1) is 6.92 Å². The Morgan fingerprint density at radius 1 is 0.806 bits per heavy atom. The number of hydrogen-bond donors (Lipinski definition) is 0. The number of amides is 1. The number of sulfonamides is 2. The molecule has 0 N–H and O–H groups in total. The van der Waals surface area contributed by atoms with E-state index in [0.29, 0.717) is 24.3 Å². The number of nitrogens with zero attached hydrogens (tertiary/aromatic N) is 3. The average molecular weight is 528 g/mol. The van der Waals surface area contributed by atoms with Crippen molar-refractivity contribution in [3.8, 4) is 0 Å². The van der Waals surface area contributed by atoms with Gasteiger partial charge in [-0.25, -0.2) is 16.8 Å². The summed E-state index contributed by atoms with van der Waals surface area (Å²) in [5.74, 6) is -0.183. The molecule has 0 unspecified atom stereocenters. The Bertz CT molecular complexity index is 1420. The number of para-hydroxylation sites is 1. The molecule has 3 aromatic rings. The minimum absolute atomic E-state index is 0.146. The molecule has 0 radical (unpaired) electrons. The summed E-state index contributed by atoms with van der Waals surface area (Å²) in [4.78, 5) is 14.9. The van der Waals surface area contributed by atoms with Gasteiger partial charge in [0.15, 0.2) is 0 Å². The van der Waals surface area contributed by atoms with Gasteiger partial charge in [0.05, 0.1) is 23.4 Å². The lowest BCUT2D eigenvalue weighted by Gasteiger charge is -2.34. The van der Waals surface area contributed by atoms with Crippen LogP contribution in [0.1, 0.15) is 21.5 Å². The van der Waals surface area contributed by atoms with E-state index >= 15 is 0 Å². The van der Waals surface area contributed by atoms with E-state index in [1.165, 1.54) is 8.61 Å².